The number of aliphatic imine (C=N–C) groups is 1. The number of aromatic nitrogens is 1. The van der Waals surface area contributed by atoms with Gasteiger partial charge in [-0.25, -0.2) is 0 Å². The second-order valence-corrected chi connectivity index (χ2v) is 9.10. The van der Waals surface area contributed by atoms with Gasteiger partial charge in [-0.15, -0.1) is 6.07 Å². The van der Waals surface area contributed by atoms with Gasteiger partial charge in [-0.05, 0) is 42.6 Å². The van der Waals surface area contributed by atoms with Crippen molar-refractivity contribution >= 4 is 39.9 Å². The van der Waals surface area contributed by atoms with Crippen LogP contribution in [0.15, 0.2) is 41.5 Å². The minimum atomic E-state index is 0.801. The van der Waals surface area contributed by atoms with E-state index in [0.29, 0.717) is 0 Å². The van der Waals surface area contributed by atoms with E-state index in [1.807, 2.05) is 25.1 Å². The molecule has 0 unspecified atom stereocenters. The molecule has 0 amide bonds. The van der Waals surface area contributed by atoms with E-state index in [0.717, 1.165) is 17.1 Å². The Hall–Kier alpha value is -0.506. The Morgan fingerprint density at radius 3 is 2.30 bits per heavy atom. The van der Waals surface area contributed by atoms with Crippen LogP contribution in [0.4, 0.5) is 5.69 Å². The SMILES string of the molecule is CC(=Nc1c(C)cccc1C)c1[c-]cccn1.[Br][Ni+][Br]. The van der Waals surface area contributed by atoms with E-state index in [9.17, 15) is 0 Å². The van der Waals surface area contributed by atoms with Crippen molar-refractivity contribution < 1.29 is 10.9 Å². The summed E-state index contributed by atoms with van der Waals surface area (Å²) in [6.07, 6.45) is 1.76. The van der Waals surface area contributed by atoms with Gasteiger partial charge in [0.1, 0.15) is 0 Å². The maximum absolute atomic E-state index is 4.65. The average molecular weight is 442 g/mol. The summed E-state index contributed by atoms with van der Waals surface area (Å²) in [5, 5.41) is 0. The normalized spacial score (nSPS) is 10.9. The van der Waals surface area contributed by atoms with Gasteiger partial charge in [0.25, 0.3) is 0 Å². The third-order valence-corrected chi connectivity index (χ3v) is 2.67. The van der Waals surface area contributed by atoms with Crippen LogP contribution >= 0.6 is 28.5 Å². The first-order valence-electron chi connectivity index (χ1n) is 5.87. The fraction of sp³-hybridized carbons (Fsp3) is 0.200. The standard InChI is InChI=1S/C15H15N2.2BrH.Ni/c1-11-7-6-8-12(2)15(11)17-13(3)14-9-4-5-10-16-14;;;/h4-8,10H,1-3H3;2*1H;/q-1;;;+3/p-2. The van der Waals surface area contributed by atoms with E-state index < -0.39 is 0 Å². The molecule has 0 radical (unpaired) electrons. The Morgan fingerprint density at radius 2 is 1.80 bits per heavy atom. The predicted octanol–water partition coefficient (Wildman–Crippen LogP) is 5.33. The molecule has 1 aromatic heterocycles. The molecule has 0 aliphatic carbocycles. The Bertz CT molecular complexity index is 551. The van der Waals surface area contributed by atoms with E-state index in [-0.39, 0.29) is 0 Å². The summed E-state index contributed by atoms with van der Waals surface area (Å²) in [5.41, 5.74) is 5.09. The molecule has 0 aliphatic heterocycles. The summed E-state index contributed by atoms with van der Waals surface area (Å²) in [4.78, 5) is 8.90. The molecule has 1 aromatic carbocycles. The van der Waals surface area contributed by atoms with Crippen molar-refractivity contribution in [3.05, 3.63) is 59.4 Å². The van der Waals surface area contributed by atoms with Crippen molar-refractivity contribution in [2.24, 2.45) is 4.99 Å². The Balaban J connectivity index is 0.000000612. The Labute approximate surface area is 140 Å². The number of hydrogen-bond acceptors (Lipinski definition) is 2. The van der Waals surface area contributed by atoms with Crippen LogP contribution in [0, 0.1) is 19.9 Å². The van der Waals surface area contributed by atoms with Gasteiger partial charge in [0, 0.05) is 0 Å². The number of rotatable bonds is 2. The summed E-state index contributed by atoms with van der Waals surface area (Å²) >= 11 is 6.00. The molecule has 0 spiro atoms. The Kier molecular flexibility index (Phi) is 8.28. The molecule has 2 nitrogen and oxygen atoms in total. The van der Waals surface area contributed by atoms with Crippen molar-refractivity contribution in [2.45, 2.75) is 20.8 Å². The topological polar surface area (TPSA) is 25.2 Å². The van der Waals surface area contributed by atoms with Gasteiger partial charge in [-0.1, -0.05) is 25.1 Å². The molecule has 5 heteroatoms. The monoisotopic (exact) mass is 439 g/mol. The Morgan fingerprint density at radius 1 is 1.20 bits per heavy atom. The van der Waals surface area contributed by atoms with Crippen LogP contribution in [0.5, 0.6) is 0 Å². The van der Waals surface area contributed by atoms with E-state index in [2.05, 4.69) is 70.5 Å². The molecule has 0 N–H and O–H groups in total. The number of hydrogen-bond donors (Lipinski definition) is 0. The molecule has 0 fully saturated rings. The van der Waals surface area contributed by atoms with Crippen molar-refractivity contribution in [1.29, 1.82) is 0 Å². The molecular formula is C15H15Br2N2Ni. The average Bonchev–Trinajstić information content (AvgIpc) is 2.45. The molecule has 1 heterocycles. The molecule has 2 rings (SSSR count). The van der Waals surface area contributed by atoms with Gasteiger partial charge < -0.3 is 4.99 Å². The summed E-state index contributed by atoms with van der Waals surface area (Å²) in [6, 6.07) is 13.0. The summed E-state index contributed by atoms with van der Waals surface area (Å²) in [7, 11) is 1.25. The van der Waals surface area contributed by atoms with Crippen LogP contribution in [0.1, 0.15) is 23.7 Å². The van der Waals surface area contributed by atoms with Gasteiger partial charge in [-0.3, -0.25) is 4.98 Å². The zero-order chi connectivity index (χ0) is 15.0. The second-order valence-electron chi connectivity index (χ2n) is 4.11. The van der Waals surface area contributed by atoms with Gasteiger partial charge in [-0.2, -0.15) is 12.1 Å². The van der Waals surface area contributed by atoms with Crippen LogP contribution in [-0.4, -0.2) is 10.7 Å². The summed E-state index contributed by atoms with van der Waals surface area (Å²) in [6.45, 7) is 6.10. The quantitative estimate of drug-likeness (QED) is 0.351. The third kappa shape index (κ3) is 5.47. The summed E-state index contributed by atoms with van der Waals surface area (Å²) < 4.78 is 0. The van der Waals surface area contributed by atoms with Crippen LogP contribution in [0.25, 0.3) is 0 Å². The van der Waals surface area contributed by atoms with E-state index in [1.54, 1.807) is 6.20 Å². The van der Waals surface area contributed by atoms with Crippen LogP contribution < -0.4 is 0 Å². The van der Waals surface area contributed by atoms with Gasteiger partial charge in [0.2, 0.25) is 0 Å². The second kappa shape index (κ2) is 9.43. The molecule has 0 atom stereocenters. The zero-order valence-corrected chi connectivity index (χ0v) is 15.6. The van der Waals surface area contributed by atoms with Gasteiger partial charge >= 0.3 is 39.3 Å². The number of pyridine rings is 1. The molecule has 109 valence electrons. The van der Waals surface area contributed by atoms with Crippen molar-refractivity contribution in [1.82, 2.24) is 4.98 Å². The number of para-hydroxylation sites is 1. The van der Waals surface area contributed by atoms with Crippen LogP contribution in [0.2, 0.25) is 0 Å². The predicted molar refractivity (Wildman–Crippen MR) is 88.7 cm³/mol. The van der Waals surface area contributed by atoms with Crippen LogP contribution in [-0.2, 0) is 10.9 Å². The fourth-order valence-corrected chi connectivity index (χ4v) is 1.73. The maximum atomic E-state index is 4.65. The van der Waals surface area contributed by atoms with Crippen molar-refractivity contribution in [3.8, 4) is 0 Å². The first kappa shape index (κ1) is 17.5. The van der Waals surface area contributed by atoms with Gasteiger partial charge in [0.05, 0.1) is 5.69 Å². The van der Waals surface area contributed by atoms with E-state index in [1.165, 1.54) is 22.0 Å². The van der Waals surface area contributed by atoms with E-state index in [4.69, 9.17) is 0 Å². The van der Waals surface area contributed by atoms with Crippen LogP contribution in [0.3, 0.4) is 0 Å². The van der Waals surface area contributed by atoms with Gasteiger partial charge in [0.15, 0.2) is 0 Å². The van der Waals surface area contributed by atoms with E-state index >= 15 is 0 Å². The molecule has 0 saturated heterocycles. The zero-order valence-electron chi connectivity index (χ0n) is 11.4. The first-order valence-corrected chi connectivity index (χ1v) is 10.7. The molecule has 0 bridgehead atoms. The molecule has 0 aliphatic rings. The molecule has 0 saturated carbocycles. The molecule has 2 aromatic rings. The number of nitrogens with zero attached hydrogens (tertiary/aromatic N) is 2. The number of halogens is 2. The number of benzene rings is 1. The minimum absolute atomic E-state index is 0.801. The fourth-order valence-electron chi connectivity index (χ4n) is 1.73. The van der Waals surface area contributed by atoms with Crippen molar-refractivity contribution in [3.63, 3.8) is 0 Å². The molecular weight excluding hydrogens is 427 g/mol. The van der Waals surface area contributed by atoms with Crippen molar-refractivity contribution in [2.75, 3.05) is 0 Å². The first-order chi connectivity index (χ1) is 9.60. The summed E-state index contributed by atoms with van der Waals surface area (Å²) in [5.74, 6) is 0. The molecule has 20 heavy (non-hydrogen) atoms. The number of aryl methyl sites for hydroxylation is 2. The third-order valence-electron chi connectivity index (χ3n) is 2.67.